The van der Waals surface area contributed by atoms with E-state index in [0.717, 1.165) is 103 Å². The Morgan fingerprint density at radius 1 is 0.493 bits per heavy atom. The highest BCUT2D eigenvalue weighted by Gasteiger charge is 2.29. The van der Waals surface area contributed by atoms with Gasteiger partial charge in [-0.2, -0.15) is 0 Å². The van der Waals surface area contributed by atoms with Crippen molar-refractivity contribution in [1.29, 1.82) is 0 Å². The average Bonchev–Trinajstić information content (AvgIpc) is 4.10. The van der Waals surface area contributed by atoms with Crippen LogP contribution in [0.1, 0.15) is 201 Å². The fraction of sp³-hybridized carbons (Fsp3) is 0.800. The number of likely N-dealkylation sites (tertiary alicyclic amines) is 3. The number of amides is 4. The number of hydrogen-bond acceptors (Lipinski definition) is 9. The summed E-state index contributed by atoms with van der Waals surface area (Å²) < 4.78 is 2.08. The fourth-order valence-electron chi connectivity index (χ4n) is 8.52. The summed E-state index contributed by atoms with van der Waals surface area (Å²) in [7, 11) is 0. The lowest BCUT2D eigenvalue weighted by Gasteiger charge is -2.37. The lowest BCUT2D eigenvalue weighted by Crippen LogP contribution is -2.51. The van der Waals surface area contributed by atoms with E-state index < -0.39 is 0 Å². The lowest BCUT2D eigenvalue weighted by molar-refractivity contribution is -0.141. The summed E-state index contributed by atoms with van der Waals surface area (Å²) >= 11 is 0. The number of carbonyl (C=O) groups is 6. The number of hydrogen-bond donors (Lipinski definition) is 1. The molecule has 0 spiro atoms. The second-order valence-electron chi connectivity index (χ2n) is 22.5. The van der Waals surface area contributed by atoms with Crippen molar-refractivity contribution in [3.05, 3.63) is 36.4 Å². The molecular formula is C60H113N9O6. The summed E-state index contributed by atoms with van der Waals surface area (Å²) in [6.45, 7) is 41.5. The number of imidazole rings is 2. The van der Waals surface area contributed by atoms with Gasteiger partial charge in [0, 0.05) is 157 Å². The van der Waals surface area contributed by atoms with Crippen LogP contribution in [0.25, 0.3) is 0 Å². The van der Waals surface area contributed by atoms with Gasteiger partial charge >= 0.3 is 0 Å². The van der Waals surface area contributed by atoms with Crippen LogP contribution in [0.2, 0.25) is 0 Å². The summed E-state index contributed by atoms with van der Waals surface area (Å²) in [4.78, 5) is 90.4. The van der Waals surface area contributed by atoms with Crippen molar-refractivity contribution in [1.82, 2.24) is 44.0 Å². The lowest BCUT2D eigenvalue weighted by atomic mass is 9.94. The molecule has 0 aromatic carbocycles. The number of ketones is 2. The largest absolute Gasteiger partial charge is 0.349 e. The molecule has 2 aromatic heterocycles. The second kappa shape index (κ2) is 39.9. The van der Waals surface area contributed by atoms with Crippen LogP contribution >= 0.6 is 0 Å². The third-order valence-corrected chi connectivity index (χ3v) is 13.4. The highest BCUT2D eigenvalue weighted by atomic mass is 16.2. The Kier molecular flexibility index (Phi) is 38.7. The first-order chi connectivity index (χ1) is 34.4. The third-order valence-electron chi connectivity index (χ3n) is 13.4. The molecule has 0 aliphatic carbocycles. The van der Waals surface area contributed by atoms with Crippen LogP contribution in [-0.2, 0) is 48.2 Å². The summed E-state index contributed by atoms with van der Waals surface area (Å²) in [5, 5.41) is 0. The van der Waals surface area contributed by atoms with Crippen LogP contribution in [0.4, 0.5) is 0 Å². The molecule has 434 valence electrons. The van der Waals surface area contributed by atoms with Gasteiger partial charge in [0.25, 0.3) is 0 Å². The van der Waals surface area contributed by atoms with E-state index in [1.807, 2.05) is 116 Å². The van der Waals surface area contributed by atoms with Crippen LogP contribution in [0, 0.1) is 35.0 Å². The zero-order valence-corrected chi connectivity index (χ0v) is 48.9. The minimum absolute atomic E-state index is 0. The number of H-pyrrole nitrogens is 1. The number of nitrogens with zero attached hydrogens (tertiary/aromatic N) is 8. The van der Waals surface area contributed by atoms with Gasteiger partial charge in [-0.15, -0.1) is 0 Å². The zero-order chi connectivity index (χ0) is 55.1. The number of aromatic amines is 1. The predicted octanol–water partition coefficient (Wildman–Crippen LogP) is 11.1. The number of likely N-dealkylation sites (N-methyl/N-ethyl adjacent to an activating group) is 1. The van der Waals surface area contributed by atoms with Gasteiger partial charge in [0.15, 0.2) is 0 Å². The average molecular weight is 1060 g/mol. The Hall–Kier alpha value is -4.40. The Morgan fingerprint density at radius 2 is 0.880 bits per heavy atom. The van der Waals surface area contributed by atoms with Gasteiger partial charge in [0.1, 0.15) is 23.2 Å². The van der Waals surface area contributed by atoms with E-state index in [9.17, 15) is 28.8 Å². The molecule has 0 unspecified atom stereocenters. The van der Waals surface area contributed by atoms with E-state index in [1.54, 1.807) is 18.6 Å². The maximum absolute atomic E-state index is 11.9. The number of aromatic nitrogens is 4. The molecule has 4 aliphatic rings. The Labute approximate surface area is 458 Å². The smallest absolute Gasteiger partial charge is 0.228 e. The molecule has 0 radical (unpaired) electrons. The number of piperazine rings is 1. The van der Waals surface area contributed by atoms with Gasteiger partial charge in [-0.05, 0) is 71.3 Å². The Balaban J connectivity index is 0. The predicted molar refractivity (Wildman–Crippen MR) is 310 cm³/mol. The van der Waals surface area contributed by atoms with Crippen LogP contribution in [0.15, 0.2) is 24.8 Å². The molecule has 4 aliphatic heterocycles. The van der Waals surface area contributed by atoms with Gasteiger partial charge in [-0.1, -0.05) is 112 Å². The van der Waals surface area contributed by atoms with Crippen LogP contribution in [0.3, 0.4) is 0 Å². The molecule has 15 heteroatoms. The van der Waals surface area contributed by atoms with Crippen molar-refractivity contribution in [2.24, 2.45) is 35.0 Å². The summed E-state index contributed by atoms with van der Waals surface area (Å²) in [5.41, 5.74) is -0.228. The molecule has 0 saturated carbocycles. The molecule has 0 bridgehead atoms. The van der Waals surface area contributed by atoms with E-state index in [0.29, 0.717) is 42.1 Å². The molecule has 6 rings (SSSR count). The normalized spacial score (nSPS) is 15.8. The zero-order valence-electron chi connectivity index (χ0n) is 48.9. The van der Waals surface area contributed by atoms with Crippen LogP contribution in [0.5, 0.6) is 0 Å². The highest BCUT2D eigenvalue weighted by molar-refractivity contribution is 5.82. The van der Waals surface area contributed by atoms with Crippen LogP contribution in [-0.4, -0.2) is 151 Å². The van der Waals surface area contributed by atoms with Crippen LogP contribution < -0.4 is 0 Å². The molecule has 15 nitrogen and oxygen atoms in total. The number of piperidine rings is 3. The van der Waals surface area contributed by atoms with Crippen molar-refractivity contribution in [2.45, 2.75) is 209 Å². The quantitative estimate of drug-likeness (QED) is 0.205. The summed E-state index contributed by atoms with van der Waals surface area (Å²) in [6, 6.07) is 0. The van der Waals surface area contributed by atoms with Gasteiger partial charge < -0.3 is 34.1 Å². The molecule has 1 N–H and O–H groups in total. The highest BCUT2D eigenvalue weighted by Crippen LogP contribution is 2.19. The molecule has 0 atom stereocenters. The van der Waals surface area contributed by atoms with E-state index in [4.69, 9.17) is 0 Å². The van der Waals surface area contributed by atoms with Crippen molar-refractivity contribution in [2.75, 3.05) is 72.0 Å². The Bertz CT molecular complexity index is 1740. The van der Waals surface area contributed by atoms with Crippen molar-refractivity contribution < 1.29 is 28.8 Å². The maximum atomic E-state index is 11.9. The monoisotopic (exact) mass is 1060 g/mol. The first-order valence-corrected chi connectivity index (χ1v) is 28.4. The first-order valence-electron chi connectivity index (χ1n) is 28.4. The third kappa shape index (κ3) is 30.2. The molecule has 4 amide bonds. The maximum Gasteiger partial charge on any atom is 0.228 e. The van der Waals surface area contributed by atoms with E-state index >= 15 is 0 Å². The molecule has 4 fully saturated rings. The van der Waals surface area contributed by atoms with E-state index in [2.05, 4.69) is 38.3 Å². The van der Waals surface area contributed by atoms with Gasteiger partial charge in [-0.3, -0.25) is 28.8 Å². The van der Waals surface area contributed by atoms with Gasteiger partial charge in [0.05, 0.1) is 0 Å². The molecule has 6 heterocycles. The van der Waals surface area contributed by atoms with Gasteiger partial charge in [-0.25, -0.2) is 9.97 Å². The number of Topliss-reactive ketones (excluding diaryl/α,β-unsaturated/α-hetero) is 2. The molecule has 2 aromatic rings. The Morgan fingerprint density at radius 3 is 1.19 bits per heavy atom. The van der Waals surface area contributed by atoms with E-state index in [-0.39, 0.29) is 55.8 Å². The SMILES string of the molecule is C.C.CC(C)C(=O)CCc1ncc[nH]1.CC(C)C(=O)N1CCCCC1.CC(C)C(=O)N1CCCCC1.CC(C)C(=O)N1CCCCC1.CCN1CCN(C(=O)C(C)(C)C)CC1.CCn1ccnc1CCC(=O)C(C)C. The number of carbonyl (C=O) groups excluding carboxylic acids is 6. The van der Waals surface area contributed by atoms with Crippen molar-refractivity contribution in [3.8, 4) is 0 Å². The van der Waals surface area contributed by atoms with Crippen molar-refractivity contribution >= 4 is 35.2 Å². The van der Waals surface area contributed by atoms with Crippen molar-refractivity contribution in [3.63, 3.8) is 0 Å². The second-order valence-corrected chi connectivity index (χ2v) is 22.5. The number of rotatable bonds is 13. The summed E-state index contributed by atoms with van der Waals surface area (Å²) in [5.74, 6) is 4.58. The molecule has 4 saturated heterocycles. The minimum Gasteiger partial charge on any atom is -0.349 e. The molecular weight excluding hydrogens is 943 g/mol. The fourth-order valence-corrected chi connectivity index (χ4v) is 8.52. The topological polar surface area (TPSA) is 165 Å². The first kappa shape index (κ1) is 72.7. The standard InChI is InChI=1S/C11H22N2O.C11H18N2O.C9H14N2O.3C9H17NO.2CH4/c1-5-12-6-8-13(9-7-12)10(14)11(2,3)4;1-4-13-8-7-12-11(13)6-5-10(14)9(2)3;1-7(2)8(12)3-4-9-10-5-6-11-9;3*1-8(2)9(11)10-6-4-3-5-7-10;;/h5-9H2,1-4H3;7-9H,4-6H2,1-3H3;5-7H,3-4H2,1-2H3,(H,10,11);3*8H,3-7H2,1-2H3;2*1H4. The van der Waals surface area contributed by atoms with E-state index in [1.165, 1.54) is 57.8 Å². The summed E-state index contributed by atoms with van der Waals surface area (Å²) in [6.07, 6.45) is 20.9. The molecule has 75 heavy (non-hydrogen) atoms. The number of nitrogens with one attached hydrogen (secondary N) is 1. The minimum atomic E-state index is -0.228. The van der Waals surface area contributed by atoms with Gasteiger partial charge in [0.2, 0.25) is 23.6 Å². The number of aryl methyl sites for hydroxylation is 3.